The zero-order valence-corrected chi connectivity index (χ0v) is 22.4. The fraction of sp³-hybridized carbons (Fsp3) is 0.613. The second-order valence-corrected chi connectivity index (χ2v) is 12.8. The summed E-state index contributed by atoms with van der Waals surface area (Å²) in [6.45, 7) is 15.2. The Labute approximate surface area is 210 Å². The Bertz CT molecular complexity index is 1130. The molecule has 6 atom stereocenters. The van der Waals surface area contributed by atoms with Crippen molar-refractivity contribution in [1.82, 2.24) is 0 Å². The molecule has 35 heavy (non-hydrogen) atoms. The number of hydrogen-bond donors (Lipinski definition) is 0. The highest BCUT2D eigenvalue weighted by atomic mass is 16.6. The summed E-state index contributed by atoms with van der Waals surface area (Å²) in [6.07, 6.45) is 17.7. The van der Waals surface area contributed by atoms with Crippen LogP contribution in [0, 0.1) is 28.6 Å². The van der Waals surface area contributed by atoms with Gasteiger partial charge in [-0.05, 0) is 92.8 Å². The standard InChI is InChI=1S/C31H40O4/c1-19-12-17-31(7,35-27(19)33)20(2)23-14-16-30(6)25-10-9-24-21(8-11-26(32)34-28(24,3)4)18-22(25)13-15-29(23,30)5/h8-12,18,20,23-24H,13-17H2,1-7H3. The Balaban J connectivity index is 1.52. The molecule has 1 fully saturated rings. The summed E-state index contributed by atoms with van der Waals surface area (Å²) in [7, 11) is 0. The molecular weight excluding hydrogens is 436 g/mol. The van der Waals surface area contributed by atoms with Crippen molar-refractivity contribution in [1.29, 1.82) is 0 Å². The third-order valence-electron chi connectivity index (χ3n) is 10.6. The smallest absolute Gasteiger partial charge is 0.333 e. The number of esters is 2. The number of fused-ring (bicyclic) bond motifs is 3. The summed E-state index contributed by atoms with van der Waals surface area (Å²) in [4.78, 5) is 24.6. The third-order valence-corrected chi connectivity index (χ3v) is 10.6. The fourth-order valence-corrected chi connectivity index (χ4v) is 7.86. The van der Waals surface area contributed by atoms with E-state index in [-0.39, 0.29) is 34.6 Å². The van der Waals surface area contributed by atoms with E-state index in [2.05, 4.69) is 52.0 Å². The van der Waals surface area contributed by atoms with Gasteiger partial charge in [0.15, 0.2) is 0 Å². The average Bonchev–Trinajstić information content (AvgIpc) is 2.89. The normalized spacial score (nSPS) is 40.9. The van der Waals surface area contributed by atoms with Gasteiger partial charge in [0.25, 0.3) is 0 Å². The molecule has 0 aromatic rings. The number of allylic oxidation sites excluding steroid dienone is 5. The number of rotatable bonds is 2. The Hall–Kier alpha value is -2.36. The Morgan fingerprint density at radius 3 is 2.46 bits per heavy atom. The molecule has 188 valence electrons. The van der Waals surface area contributed by atoms with Gasteiger partial charge in [-0.15, -0.1) is 0 Å². The van der Waals surface area contributed by atoms with E-state index in [1.807, 2.05) is 26.8 Å². The Morgan fingerprint density at radius 1 is 1.00 bits per heavy atom. The summed E-state index contributed by atoms with van der Waals surface area (Å²) < 4.78 is 11.8. The molecule has 4 nitrogen and oxygen atoms in total. The van der Waals surface area contributed by atoms with Crippen LogP contribution < -0.4 is 0 Å². The first-order valence-corrected chi connectivity index (χ1v) is 13.3. The third kappa shape index (κ3) is 3.54. The van der Waals surface area contributed by atoms with Gasteiger partial charge in [0.1, 0.15) is 11.2 Å². The van der Waals surface area contributed by atoms with Crippen molar-refractivity contribution in [2.45, 2.75) is 91.8 Å². The Kier molecular flexibility index (Phi) is 5.44. The molecule has 0 amide bonds. The first kappa shape index (κ1) is 24.3. The van der Waals surface area contributed by atoms with E-state index in [1.54, 1.807) is 6.08 Å². The van der Waals surface area contributed by atoms with Gasteiger partial charge < -0.3 is 9.47 Å². The molecule has 0 bridgehead atoms. The zero-order chi connectivity index (χ0) is 25.4. The molecule has 2 aliphatic heterocycles. The highest BCUT2D eigenvalue weighted by molar-refractivity contribution is 5.89. The van der Waals surface area contributed by atoms with Gasteiger partial charge >= 0.3 is 11.9 Å². The van der Waals surface area contributed by atoms with Crippen LogP contribution in [0.4, 0.5) is 0 Å². The molecule has 0 N–H and O–H groups in total. The van der Waals surface area contributed by atoms with Crippen LogP contribution in [0.3, 0.4) is 0 Å². The zero-order valence-electron chi connectivity index (χ0n) is 22.4. The van der Waals surface area contributed by atoms with Gasteiger partial charge in [0.2, 0.25) is 0 Å². The van der Waals surface area contributed by atoms with E-state index in [1.165, 1.54) is 11.1 Å². The van der Waals surface area contributed by atoms with Crippen LogP contribution in [-0.4, -0.2) is 23.1 Å². The van der Waals surface area contributed by atoms with Crippen molar-refractivity contribution >= 4 is 11.9 Å². The average molecular weight is 477 g/mol. The molecule has 0 aromatic carbocycles. The second-order valence-electron chi connectivity index (χ2n) is 12.8. The minimum absolute atomic E-state index is 0.0253. The molecule has 0 aromatic heterocycles. The first-order valence-electron chi connectivity index (χ1n) is 13.3. The van der Waals surface area contributed by atoms with E-state index >= 15 is 0 Å². The fourth-order valence-electron chi connectivity index (χ4n) is 7.86. The van der Waals surface area contributed by atoms with Crippen molar-refractivity contribution in [2.24, 2.45) is 28.6 Å². The quantitative estimate of drug-likeness (QED) is 0.412. The van der Waals surface area contributed by atoms with Crippen LogP contribution in [0.15, 0.2) is 58.7 Å². The number of cyclic esters (lactones) is 2. The highest BCUT2D eigenvalue weighted by Gasteiger charge is 2.61. The summed E-state index contributed by atoms with van der Waals surface area (Å²) in [5.74, 6) is 0.323. The molecule has 5 aliphatic rings. The molecule has 2 heterocycles. The molecule has 0 radical (unpaired) electrons. The second kappa shape index (κ2) is 7.82. The Morgan fingerprint density at radius 2 is 1.74 bits per heavy atom. The van der Waals surface area contributed by atoms with Gasteiger partial charge in [-0.25, -0.2) is 9.59 Å². The number of hydrogen-bond acceptors (Lipinski definition) is 4. The molecule has 1 saturated carbocycles. The number of carbonyl (C=O) groups is 2. The monoisotopic (exact) mass is 476 g/mol. The van der Waals surface area contributed by atoms with E-state index in [9.17, 15) is 9.59 Å². The van der Waals surface area contributed by atoms with Crippen LogP contribution in [0.5, 0.6) is 0 Å². The number of carbonyl (C=O) groups excluding carboxylic acids is 2. The van der Waals surface area contributed by atoms with Crippen LogP contribution >= 0.6 is 0 Å². The van der Waals surface area contributed by atoms with Gasteiger partial charge in [-0.2, -0.15) is 0 Å². The lowest BCUT2D eigenvalue weighted by molar-refractivity contribution is -0.165. The van der Waals surface area contributed by atoms with Crippen LogP contribution in [0.1, 0.15) is 80.6 Å². The lowest BCUT2D eigenvalue weighted by Gasteiger charge is -2.53. The van der Waals surface area contributed by atoms with Crippen LogP contribution in [-0.2, 0) is 19.1 Å². The predicted molar refractivity (Wildman–Crippen MR) is 137 cm³/mol. The van der Waals surface area contributed by atoms with Gasteiger partial charge in [0.05, 0.1) is 0 Å². The molecule has 0 spiro atoms. The molecule has 3 aliphatic carbocycles. The number of ether oxygens (including phenoxy) is 2. The largest absolute Gasteiger partial charge is 0.456 e. The van der Waals surface area contributed by atoms with E-state index in [4.69, 9.17) is 9.47 Å². The summed E-state index contributed by atoms with van der Waals surface area (Å²) in [5, 5.41) is 0. The highest BCUT2D eigenvalue weighted by Crippen LogP contribution is 2.68. The van der Waals surface area contributed by atoms with Gasteiger partial charge in [-0.1, -0.05) is 51.2 Å². The maximum atomic E-state index is 12.5. The van der Waals surface area contributed by atoms with Crippen LogP contribution in [0.25, 0.3) is 0 Å². The minimum atomic E-state index is -0.598. The summed E-state index contributed by atoms with van der Waals surface area (Å²) >= 11 is 0. The van der Waals surface area contributed by atoms with Crippen molar-refractivity contribution in [2.75, 3.05) is 0 Å². The first-order chi connectivity index (χ1) is 16.3. The topological polar surface area (TPSA) is 52.6 Å². The van der Waals surface area contributed by atoms with Crippen molar-refractivity contribution in [3.8, 4) is 0 Å². The van der Waals surface area contributed by atoms with Gasteiger partial charge in [-0.3, -0.25) is 0 Å². The van der Waals surface area contributed by atoms with Crippen LogP contribution in [0.2, 0.25) is 0 Å². The van der Waals surface area contributed by atoms with Crippen molar-refractivity contribution in [3.63, 3.8) is 0 Å². The van der Waals surface area contributed by atoms with E-state index in [0.717, 1.165) is 43.3 Å². The summed E-state index contributed by atoms with van der Waals surface area (Å²) in [6, 6.07) is 0. The molecule has 0 saturated heterocycles. The van der Waals surface area contributed by atoms with Crippen molar-refractivity contribution in [3.05, 3.63) is 58.7 Å². The predicted octanol–water partition coefficient (Wildman–Crippen LogP) is 6.79. The molecule has 4 heteroatoms. The maximum Gasteiger partial charge on any atom is 0.333 e. The van der Waals surface area contributed by atoms with Gasteiger partial charge in [0, 0.05) is 24.0 Å². The lowest BCUT2D eigenvalue weighted by Crippen LogP contribution is -2.50. The van der Waals surface area contributed by atoms with E-state index < -0.39 is 11.2 Å². The maximum absolute atomic E-state index is 12.5. The van der Waals surface area contributed by atoms with E-state index in [0.29, 0.717) is 5.92 Å². The molecule has 5 rings (SSSR count). The lowest BCUT2D eigenvalue weighted by atomic mass is 9.52. The molecular formula is C31H40O4. The SMILES string of the molecule is CC1=CCC(C)(C(C)C2CCC3(C)C4=C(C=C5C=CC(=O)OC(C)(C)C5C=C4)CCC23C)OC1=O. The van der Waals surface area contributed by atoms with Crippen molar-refractivity contribution < 1.29 is 19.1 Å². The molecule has 6 unspecified atom stereocenters. The minimum Gasteiger partial charge on any atom is -0.456 e. The summed E-state index contributed by atoms with van der Waals surface area (Å²) in [5.41, 5.74) is 3.82.